The second-order valence-electron chi connectivity index (χ2n) is 5.67. The number of aromatic amines is 1. The maximum absolute atomic E-state index is 4.43. The molecule has 1 aliphatic rings. The number of hydrogen-bond donors (Lipinski definition) is 2. The van der Waals surface area contributed by atoms with Crippen molar-refractivity contribution in [3.8, 4) is 0 Å². The van der Waals surface area contributed by atoms with E-state index in [-0.39, 0.29) is 0 Å². The molecule has 0 radical (unpaired) electrons. The van der Waals surface area contributed by atoms with Crippen LogP contribution in [-0.2, 0) is 0 Å². The molecule has 2 atom stereocenters. The van der Waals surface area contributed by atoms with Crippen molar-refractivity contribution in [3.05, 3.63) is 24.0 Å². The highest BCUT2D eigenvalue weighted by Gasteiger charge is 2.18. The van der Waals surface area contributed by atoms with Crippen molar-refractivity contribution in [1.29, 1.82) is 0 Å². The van der Waals surface area contributed by atoms with Crippen LogP contribution in [0.15, 0.2) is 18.2 Å². The summed E-state index contributed by atoms with van der Waals surface area (Å²) in [5.41, 5.74) is 3.39. The van der Waals surface area contributed by atoms with E-state index >= 15 is 0 Å². The molecule has 1 aromatic heterocycles. The number of hydrogen-bond acceptors (Lipinski definition) is 2. The molecule has 0 amide bonds. The van der Waals surface area contributed by atoms with Gasteiger partial charge >= 0.3 is 0 Å². The number of aryl methyl sites for hydroxylation is 1. The highest BCUT2D eigenvalue weighted by molar-refractivity contribution is 5.79. The zero-order chi connectivity index (χ0) is 12.5. The van der Waals surface area contributed by atoms with Crippen LogP contribution < -0.4 is 5.32 Å². The van der Waals surface area contributed by atoms with Crippen molar-refractivity contribution in [3.63, 3.8) is 0 Å². The Labute approximate surface area is 108 Å². The van der Waals surface area contributed by atoms with Crippen LogP contribution in [0.1, 0.15) is 38.4 Å². The zero-order valence-electron chi connectivity index (χ0n) is 11.2. The molecule has 1 aromatic carbocycles. The van der Waals surface area contributed by atoms with E-state index in [0.29, 0.717) is 6.04 Å². The van der Waals surface area contributed by atoms with E-state index in [9.17, 15) is 0 Å². The molecule has 96 valence electrons. The molecule has 3 rings (SSSR count). The van der Waals surface area contributed by atoms with Crippen LogP contribution in [0.25, 0.3) is 11.0 Å². The number of aromatic nitrogens is 2. The van der Waals surface area contributed by atoms with Crippen LogP contribution in [0.4, 0.5) is 5.69 Å². The molecule has 0 saturated heterocycles. The summed E-state index contributed by atoms with van der Waals surface area (Å²) in [4.78, 5) is 7.72. The van der Waals surface area contributed by atoms with Crippen LogP contribution in [0.2, 0.25) is 0 Å². The zero-order valence-corrected chi connectivity index (χ0v) is 11.2. The molecule has 2 N–H and O–H groups in total. The predicted molar refractivity (Wildman–Crippen MR) is 75.9 cm³/mol. The van der Waals surface area contributed by atoms with E-state index in [2.05, 4.69) is 40.4 Å². The number of imidazole rings is 1. The Kier molecular flexibility index (Phi) is 2.98. The van der Waals surface area contributed by atoms with Gasteiger partial charge < -0.3 is 10.3 Å². The van der Waals surface area contributed by atoms with Gasteiger partial charge in [0.05, 0.1) is 11.0 Å². The molecule has 3 nitrogen and oxygen atoms in total. The third-order valence-corrected chi connectivity index (χ3v) is 3.91. The largest absolute Gasteiger partial charge is 0.382 e. The molecule has 3 heteroatoms. The maximum Gasteiger partial charge on any atom is 0.104 e. The number of nitrogens with zero attached hydrogens (tertiary/aromatic N) is 1. The highest BCUT2D eigenvalue weighted by atomic mass is 14.9. The molecule has 1 fully saturated rings. The first-order valence-electron chi connectivity index (χ1n) is 6.93. The summed E-state index contributed by atoms with van der Waals surface area (Å²) >= 11 is 0. The lowest BCUT2D eigenvalue weighted by molar-refractivity contribution is 0.358. The average Bonchev–Trinajstić information content (AvgIpc) is 2.68. The minimum atomic E-state index is 0.634. The van der Waals surface area contributed by atoms with Crippen LogP contribution in [0.3, 0.4) is 0 Å². The molecular weight excluding hydrogens is 222 g/mol. The number of anilines is 1. The van der Waals surface area contributed by atoms with Gasteiger partial charge in [-0.3, -0.25) is 0 Å². The van der Waals surface area contributed by atoms with E-state index in [1.165, 1.54) is 31.4 Å². The Morgan fingerprint density at radius 1 is 1.33 bits per heavy atom. The maximum atomic E-state index is 4.43. The van der Waals surface area contributed by atoms with Crippen molar-refractivity contribution in [1.82, 2.24) is 9.97 Å². The molecular formula is C15H21N3. The molecule has 1 heterocycles. The van der Waals surface area contributed by atoms with Gasteiger partial charge in [-0.25, -0.2) is 4.98 Å². The van der Waals surface area contributed by atoms with Gasteiger partial charge in [0.25, 0.3) is 0 Å². The second kappa shape index (κ2) is 4.63. The van der Waals surface area contributed by atoms with E-state index < -0.39 is 0 Å². The highest BCUT2D eigenvalue weighted by Crippen LogP contribution is 2.27. The summed E-state index contributed by atoms with van der Waals surface area (Å²) < 4.78 is 0. The summed E-state index contributed by atoms with van der Waals surface area (Å²) in [7, 11) is 0. The fraction of sp³-hybridized carbons (Fsp3) is 0.533. The standard InChI is InChI=1S/C15H21N3/c1-10-4-3-5-12(8-10)18-13-6-7-14-15(9-13)17-11(2)16-14/h6-7,9-10,12,18H,3-5,8H2,1-2H3,(H,16,17). The van der Waals surface area contributed by atoms with Gasteiger partial charge in [-0.15, -0.1) is 0 Å². The quantitative estimate of drug-likeness (QED) is 0.840. The Morgan fingerprint density at radius 3 is 3.06 bits per heavy atom. The molecule has 0 spiro atoms. The van der Waals surface area contributed by atoms with Gasteiger partial charge in [-0.1, -0.05) is 19.8 Å². The fourth-order valence-corrected chi connectivity index (χ4v) is 3.03. The first kappa shape index (κ1) is 11.6. The van der Waals surface area contributed by atoms with Gasteiger partial charge in [0.1, 0.15) is 5.82 Å². The van der Waals surface area contributed by atoms with Crippen LogP contribution in [0.5, 0.6) is 0 Å². The van der Waals surface area contributed by atoms with Gasteiger partial charge in [-0.2, -0.15) is 0 Å². The Morgan fingerprint density at radius 2 is 2.22 bits per heavy atom. The summed E-state index contributed by atoms with van der Waals surface area (Å²) in [6, 6.07) is 7.04. The Hall–Kier alpha value is -1.51. The van der Waals surface area contributed by atoms with Gasteiger partial charge in [0.15, 0.2) is 0 Å². The van der Waals surface area contributed by atoms with E-state index in [4.69, 9.17) is 0 Å². The lowest BCUT2D eigenvalue weighted by atomic mass is 9.87. The minimum absolute atomic E-state index is 0.634. The lowest BCUT2D eigenvalue weighted by Gasteiger charge is -2.28. The number of fused-ring (bicyclic) bond motifs is 1. The van der Waals surface area contributed by atoms with Crippen molar-refractivity contribution in [2.45, 2.75) is 45.6 Å². The topological polar surface area (TPSA) is 40.7 Å². The van der Waals surface area contributed by atoms with Crippen molar-refractivity contribution >= 4 is 16.7 Å². The van der Waals surface area contributed by atoms with Gasteiger partial charge in [0.2, 0.25) is 0 Å². The summed E-state index contributed by atoms with van der Waals surface area (Å²) in [6.45, 7) is 4.35. The SMILES string of the molecule is Cc1nc2ccc(NC3CCCC(C)C3)cc2[nH]1. The molecule has 0 aliphatic heterocycles. The van der Waals surface area contributed by atoms with Crippen molar-refractivity contribution < 1.29 is 0 Å². The number of nitrogens with one attached hydrogen (secondary N) is 2. The molecule has 0 bridgehead atoms. The first-order chi connectivity index (χ1) is 8.70. The molecule has 2 aromatic rings. The van der Waals surface area contributed by atoms with E-state index in [1.54, 1.807) is 0 Å². The molecule has 1 aliphatic carbocycles. The van der Waals surface area contributed by atoms with Crippen LogP contribution in [0, 0.1) is 12.8 Å². The van der Waals surface area contributed by atoms with Crippen molar-refractivity contribution in [2.24, 2.45) is 5.92 Å². The van der Waals surface area contributed by atoms with Crippen LogP contribution in [-0.4, -0.2) is 16.0 Å². The normalized spacial score (nSPS) is 24.3. The molecule has 2 unspecified atom stereocenters. The molecule has 1 saturated carbocycles. The second-order valence-corrected chi connectivity index (χ2v) is 5.67. The van der Waals surface area contributed by atoms with Gasteiger partial charge in [-0.05, 0) is 43.9 Å². The summed E-state index contributed by atoms with van der Waals surface area (Å²) in [6.07, 6.45) is 5.33. The molecule has 18 heavy (non-hydrogen) atoms. The lowest BCUT2D eigenvalue weighted by Crippen LogP contribution is -2.26. The van der Waals surface area contributed by atoms with E-state index in [1.807, 2.05) is 6.92 Å². The summed E-state index contributed by atoms with van der Waals surface area (Å²) in [5.74, 6) is 1.84. The van der Waals surface area contributed by atoms with E-state index in [0.717, 1.165) is 22.8 Å². The first-order valence-corrected chi connectivity index (χ1v) is 6.93. The smallest absolute Gasteiger partial charge is 0.104 e. The fourth-order valence-electron chi connectivity index (χ4n) is 3.03. The third kappa shape index (κ3) is 2.35. The predicted octanol–water partition coefficient (Wildman–Crippen LogP) is 3.86. The Balaban J connectivity index is 1.77. The minimum Gasteiger partial charge on any atom is -0.382 e. The Bertz CT molecular complexity index is 544. The van der Waals surface area contributed by atoms with Crippen molar-refractivity contribution in [2.75, 3.05) is 5.32 Å². The van der Waals surface area contributed by atoms with Crippen LogP contribution >= 0.6 is 0 Å². The van der Waals surface area contributed by atoms with Gasteiger partial charge in [0, 0.05) is 11.7 Å². The average molecular weight is 243 g/mol. The third-order valence-electron chi connectivity index (χ3n) is 3.91. The number of H-pyrrole nitrogens is 1. The monoisotopic (exact) mass is 243 g/mol. The number of benzene rings is 1. The number of rotatable bonds is 2. The summed E-state index contributed by atoms with van der Waals surface area (Å²) in [5, 5.41) is 3.66.